The first-order valence-electron chi connectivity index (χ1n) is 5.44. The van der Waals surface area contributed by atoms with Crippen LogP contribution in [0.4, 0.5) is 5.82 Å². The number of anilines is 1. The average molecular weight is 231 g/mol. The van der Waals surface area contributed by atoms with Crippen molar-refractivity contribution >= 4 is 11.8 Å². The van der Waals surface area contributed by atoms with Crippen LogP contribution in [-0.2, 0) is 4.79 Å². The van der Waals surface area contributed by atoms with Gasteiger partial charge in [-0.1, -0.05) is 0 Å². The Hall–Kier alpha value is -2.09. The number of carbonyl (C=O) groups is 1. The molecule has 0 atom stereocenters. The zero-order valence-corrected chi connectivity index (χ0v) is 9.55. The second kappa shape index (κ2) is 4.42. The van der Waals surface area contributed by atoms with Gasteiger partial charge in [-0.15, -0.1) is 0 Å². The molecule has 5 heteroatoms. The molecule has 1 N–H and O–H groups in total. The standard InChI is InChI=1S/C12H13N3O2/c1-8-2-9(5-13)3-11(14-8)15-6-10(7-15)4-12(16)17/h2-3,10H,4,6-7H2,1H3,(H,16,17). The fraction of sp³-hybridized carbons (Fsp3) is 0.417. The van der Waals surface area contributed by atoms with Gasteiger partial charge in [-0.05, 0) is 19.1 Å². The van der Waals surface area contributed by atoms with Gasteiger partial charge in [0, 0.05) is 24.7 Å². The van der Waals surface area contributed by atoms with Gasteiger partial charge in [0.2, 0.25) is 0 Å². The summed E-state index contributed by atoms with van der Waals surface area (Å²) in [5.74, 6) is 0.202. The van der Waals surface area contributed by atoms with Crippen LogP contribution in [0.15, 0.2) is 12.1 Å². The first-order valence-corrected chi connectivity index (χ1v) is 5.44. The van der Waals surface area contributed by atoms with E-state index in [1.165, 1.54) is 0 Å². The minimum atomic E-state index is -0.760. The molecule has 0 saturated carbocycles. The fourth-order valence-corrected chi connectivity index (χ4v) is 2.01. The summed E-state index contributed by atoms with van der Waals surface area (Å²) < 4.78 is 0. The summed E-state index contributed by atoms with van der Waals surface area (Å²) in [6.07, 6.45) is 0.202. The molecule has 1 fully saturated rings. The summed E-state index contributed by atoms with van der Waals surface area (Å²) in [4.78, 5) is 16.9. The highest BCUT2D eigenvalue weighted by Gasteiger charge is 2.29. The normalized spacial score (nSPS) is 15.2. The van der Waals surface area contributed by atoms with Gasteiger partial charge in [-0.2, -0.15) is 5.26 Å². The summed E-state index contributed by atoms with van der Waals surface area (Å²) in [6.45, 7) is 3.25. The van der Waals surface area contributed by atoms with Crippen molar-refractivity contribution in [1.82, 2.24) is 4.98 Å². The van der Waals surface area contributed by atoms with Crippen LogP contribution in [0.25, 0.3) is 0 Å². The molecule has 1 saturated heterocycles. The molecule has 88 valence electrons. The third-order valence-electron chi connectivity index (χ3n) is 2.81. The van der Waals surface area contributed by atoms with E-state index in [0.29, 0.717) is 18.7 Å². The Balaban J connectivity index is 2.04. The van der Waals surface area contributed by atoms with Crippen molar-refractivity contribution < 1.29 is 9.90 Å². The molecule has 0 bridgehead atoms. The summed E-state index contributed by atoms with van der Waals surface area (Å²) in [7, 11) is 0. The fourth-order valence-electron chi connectivity index (χ4n) is 2.01. The lowest BCUT2D eigenvalue weighted by atomic mass is 9.96. The van der Waals surface area contributed by atoms with Gasteiger partial charge >= 0.3 is 5.97 Å². The van der Waals surface area contributed by atoms with Crippen LogP contribution in [-0.4, -0.2) is 29.1 Å². The van der Waals surface area contributed by atoms with Crippen molar-refractivity contribution in [2.75, 3.05) is 18.0 Å². The van der Waals surface area contributed by atoms with Crippen LogP contribution in [0.2, 0.25) is 0 Å². The molecule has 2 rings (SSSR count). The van der Waals surface area contributed by atoms with E-state index in [4.69, 9.17) is 10.4 Å². The number of aliphatic carboxylic acids is 1. The van der Waals surface area contributed by atoms with Crippen molar-refractivity contribution in [2.24, 2.45) is 5.92 Å². The molecule has 1 aliphatic rings. The van der Waals surface area contributed by atoms with E-state index in [0.717, 1.165) is 11.5 Å². The molecule has 0 amide bonds. The third-order valence-corrected chi connectivity index (χ3v) is 2.81. The Morgan fingerprint density at radius 1 is 1.65 bits per heavy atom. The zero-order chi connectivity index (χ0) is 12.4. The highest BCUT2D eigenvalue weighted by Crippen LogP contribution is 2.25. The number of rotatable bonds is 3. The molecule has 2 heterocycles. The predicted molar refractivity (Wildman–Crippen MR) is 61.6 cm³/mol. The first kappa shape index (κ1) is 11.4. The van der Waals surface area contributed by atoms with Crippen molar-refractivity contribution in [1.29, 1.82) is 5.26 Å². The van der Waals surface area contributed by atoms with Gasteiger partial charge in [-0.25, -0.2) is 4.98 Å². The molecule has 0 spiro atoms. The number of nitrogens with zero attached hydrogens (tertiary/aromatic N) is 3. The SMILES string of the molecule is Cc1cc(C#N)cc(N2CC(CC(=O)O)C2)n1. The molecule has 0 aliphatic carbocycles. The van der Waals surface area contributed by atoms with Crippen molar-refractivity contribution in [3.63, 3.8) is 0 Å². The first-order chi connectivity index (χ1) is 8.08. The maximum atomic E-state index is 10.5. The van der Waals surface area contributed by atoms with Crippen LogP contribution in [0.1, 0.15) is 17.7 Å². The predicted octanol–water partition coefficient (Wildman–Crippen LogP) is 1.17. The van der Waals surface area contributed by atoms with E-state index < -0.39 is 5.97 Å². The molecule has 0 aromatic carbocycles. The number of pyridine rings is 1. The molecule has 1 aromatic heterocycles. The van der Waals surface area contributed by atoms with Crippen LogP contribution in [0, 0.1) is 24.2 Å². The van der Waals surface area contributed by atoms with E-state index in [1.807, 2.05) is 11.8 Å². The van der Waals surface area contributed by atoms with Gasteiger partial charge < -0.3 is 10.0 Å². The summed E-state index contributed by atoms with van der Waals surface area (Å²) in [5, 5.41) is 17.5. The van der Waals surface area contributed by atoms with Crippen molar-refractivity contribution in [3.05, 3.63) is 23.4 Å². The smallest absolute Gasteiger partial charge is 0.303 e. The lowest BCUT2D eigenvalue weighted by Gasteiger charge is -2.39. The number of carboxylic acid groups (broad SMARTS) is 1. The number of carboxylic acids is 1. The number of hydrogen-bond donors (Lipinski definition) is 1. The van der Waals surface area contributed by atoms with Gasteiger partial charge in [-0.3, -0.25) is 4.79 Å². The molecular formula is C12H13N3O2. The Morgan fingerprint density at radius 2 is 2.35 bits per heavy atom. The Morgan fingerprint density at radius 3 is 2.94 bits per heavy atom. The molecule has 5 nitrogen and oxygen atoms in total. The van der Waals surface area contributed by atoms with E-state index in [2.05, 4.69) is 11.1 Å². The second-order valence-electron chi connectivity index (χ2n) is 4.34. The molecule has 17 heavy (non-hydrogen) atoms. The monoisotopic (exact) mass is 231 g/mol. The Bertz CT molecular complexity index is 487. The summed E-state index contributed by atoms with van der Waals surface area (Å²) in [5.41, 5.74) is 1.40. The van der Waals surface area contributed by atoms with Gasteiger partial charge in [0.15, 0.2) is 0 Å². The topological polar surface area (TPSA) is 77.2 Å². The molecule has 1 aromatic rings. The zero-order valence-electron chi connectivity index (χ0n) is 9.55. The van der Waals surface area contributed by atoms with Gasteiger partial charge in [0.05, 0.1) is 18.1 Å². The number of hydrogen-bond acceptors (Lipinski definition) is 4. The number of aromatic nitrogens is 1. The van der Waals surface area contributed by atoms with E-state index in [9.17, 15) is 4.79 Å². The van der Waals surface area contributed by atoms with Crippen molar-refractivity contribution in [3.8, 4) is 6.07 Å². The second-order valence-corrected chi connectivity index (χ2v) is 4.34. The van der Waals surface area contributed by atoms with Crippen molar-refractivity contribution in [2.45, 2.75) is 13.3 Å². The summed E-state index contributed by atoms with van der Waals surface area (Å²) in [6, 6.07) is 5.57. The maximum absolute atomic E-state index is 10.5. The highest BCUT2D eigenvalue weighted by molar-refractivity contribution is 5.67. The molecule has 1 aliphatic heterocycles. The number of aryl methyl sites for hydroxylation is 1. The highest BCUT2D eigenvalue weighted by atomic mass is 16.4. The maximum Gasteiger partial charge on any atom is 0.303 e. The van der Waals surface area contributed by atoms with E-state index in [1.54, 1.807) is 12.1 Å². The van der Waals surface area contributed by atoms with Crippen LogP contribution < -0.4 is 4.90 Å². The van der Waals surface area contributed by atoms with Crippen LogP contribution >= 0.6 is 0 Å². The van der Waals surface area contributed by atoms with Crippen LogP contribution in [0.5, 0.6) is 0 Å². The lowest BCUT2D eigenvalue weighted by molar-refractivity contribution is -0.138. The Labute approximate surface area is 99.3 Å². The van der Waals surface area contributed by atoms with E-state index >= 15 is 0 Å². The van der Waals surface area contributed by atoms with E-state index in [-0.39, 0.29) is 12.3 Å². The van der Waals surface area contributed by atoms with Gasteiger partial charge in [0.25, 0.3) is 0 Å². The summed E-state index contributed by atoms with van der Waals surface area (Å²) >= 11 is 0. The average Bonchev–Trinajstić information content (AvgIpc) is 2.21. The molecular weight excluding hydrogens is 218 g/mol. The van der Waals surface area contributed by atoms with Gasteiger partial charge in [0.1, 0.15) is 5.82 Å². The molecule has 0 unspecified atom stereocenters. The largest absolute Gasteiger partial charge is 0.481 e. The minimum absolute atomic E-state index is 0.195. The quantitative estimate of drug-likeness (QED) is 0.845. The lowest BCUT2D eigenvalue weighted by Crippen LogP contribution is -2.48. The third kappa shape index (κ3) is 2.53. The van der Waals surface area contributed by atoms with Crippen LogP contribution in [0.3, 0.4) is 0 Å². The minimum Gasteiger partial charge on any atom is -0.481 e. The Kier molecular flexibility index (Phi) is 2.96. The molecule has 0 radical (unpaired) electrons. The number of nitriles is 1.